The van der Waals surface area contributed by atoms with Gasteiger partial charge in [0.1, 0.15) is 5.52 Å². The fourth-order valence-electron chi connectivity index (χ4n) is 1.77. The second-order valence-electron chi connectivity index (χ2n) is 4.28. The molecule has 0 aliphatic rings. The van der Waals surface area contributed by atoms with Gasteiger partial charge in [-0.2, -0.15) is 0 Å². The van der Waals surface area contributed by atoms with Crippen LogP contribution in [0.1, 0.15) is 16.2 Å². The molecule has 1 aromatic carbocycles. The summed E-state index contributed by atoms with van der Waals surface area (Å²) in [6, 6.07) is 11.9. The van der Waals surface area contributed by atoms with Gasteiger partial charge in [0, 0.05) is 17.1 Å². The van der Waals surface area contributed by atoms with Gasteiger partial charge in [-0.15, -0.1) is 11.3 Å². The Bertz CT molecular complexity index is 762. The third-order valence-electron chi connectivity index (χ3n) is 2.72. The highest BCUT2D eigenvalue weighted by Gasteiger charge is 2.06. The number of rotatable bonds is 4. The minimum absolute atomic E-state index is 0.110. The van der Waals surface area contributed by atoms with Crippen LogP contribution in [0.5, 0.6) is 0 Å². The molecule has 106 valence electrons. The van der Waals surface area contributed by atoms with Gasteiger partial charge in [0.2, 0.25) is 0 Å². The molecule has 3 nitrogen and oxygen atoms in total. The molecular formula is C16H13NO2S2. The van der Waals surface area contributed by atoms with Gasteiger partial charge in [0.05, 0.1) is 11.5 Å². The molecule has 0 aliphatic carbocycles. The average molecular weight is 315 g/mol. The number of hydrogen-bond acceptors (Lipinski definition) is 5. The van der Waals surface area contributed by atoms with Crippen molar-refractivity contribution in [2.24, 2.45) is 0 Å². The van der Waals surface area contributed by atoms with E-state index >= 15 is 0 Å². The van der Waals surface area contributed by atoms with E-state index in [0.717, 1.165) is 21.7 Å². The zero-order valence-electron chi connectivity index (χ0n) is 11.2. The molecule has 0 spiro atoms. The van der Waals surface area contributed by atoms with Crippen LogP contribution in [-0.2, 0) is 5.75 Å². The summed E-state index contributed by atoms with van der Waals surface area (Å²) in [4.78, 5) is 6.70. The molecule has 0 aliphatic heterocycles. The van der Waals surface area contributed by atoms with E-state index in [0.29, 0.717) is 11.6 Å². The Hall–Kier alpha value is -1.74. The van der Waals surface area contributed by atoms with Crippen LogP contribution in [-0.4, -0.2) is 16.7 Å². The van der Waals surface area contributed by atoms with Crippen molar-refractivity contribution in [1.29, 1.82) is 0 Å². The SMILES string of the molecule is OCCC#Cc1ccc(CSc2nc3ccccc3o2)s1. The maximum atomic E-state index is 8.70. The molecule has 0 atom stereocenters. The van der Waals surface area contributed by atoms with Crippen molar-refractivity contribution < 1.29 is 9.52 Å². The largest absolute Gasteiger partial charge is 0.431 e. The summed E-state index contributed by atoms with van der Waals surface area (Å²) >= 11 is 3.25. The third kappa shape index (κ3) is 3.67. The highest BCUT2D eigenvalue weighted by Crippen LogP contribution is 2.28. The Morgan fingerprint density at radius 3 is 3.00 bits per heavy atom. The van der Waals surface area contributed by atoms with Crippen LogP contribution in [0.4, 0.5) is 0 Å². The molecule has 0 fully saturated rings. The highest BCUT2D eigenvalue weighted by molar-refractivity contribution is 7.98. The zero-order chi connectivity index (χ0) is 14.5. The smallest absolute Gasteiger partial charge is 0.257 e. The van der Waals surface area contributed by atoms with Gasteiger partial charge in [-0.05, 0) is 24.3 Å². The molecule has 0 radical (unpaired) electrons. The summed E-state index contributed by atoms with van der Waals surface area (Å²) in [5.41, 5.74) is 1.71. The van der Waals surface area contributed by atoms with E-state index in [2.05, 4.69) is 22.9 Å². The lowest BCUT2D eigenvalue weighted by atomic mass is 10.3. The quantitative estimate of drug-likeness (QED) is 0.585. The number of hydrogen-bond donors (Lipinski definition) is 1. The van der Waals surface area contributed by atoms with E-state index in [9.17, 15) is 0 Å². The van der Waals surface area contributed by atoms with Gasteiger partial charge >= 0.3 is 0 Å². The molecule has 3 rings (SSSR count). The average Bonchev–Trinajstić information content (AvgIpc) is 3.11. The van der Waals surface area contributed by atoms with Crippen LogP contribution < -0.4 is 0 Å². The van der Waals surface area contributed by atoms with E-state index < -0.39 is 0 Å². The minimum Gasteiger partial charge on any atom is -0.431 e. The Balaban J connectivity index is 1.63. The van der Waals surface area contributed by atoms with E-state index in [1.165, 1.54) is 4.88 Å². The van der Waals surface area contributed by atoms with Gasteiger partial charge < -0.3 is 9.52 Å². The van der Waals surface area contributed by atoms with E-state index in [4.69, 9.17) is 9.52 Å². The highest BCUT2D eigenvalue weighted by atomic mass is 32.2. The van der Waals surface area contributed by atoms with Crippen LogP contribution in [0.2, 0.25) is 0 Å². The summed E-state index contributed by atoms with van der Waals surface area (Å²) < 4.78 is 5.68. The summed E-state index contributed by atoms with van der Waals surface area (Å²) in [7, 11) is 0. The number of aromatic nitrogens is 1. The van der Waals surface area contributed by atoms with Gasteiger partial charge in [-0.1, -0.05) is 35.7 Å². The van der Waals surface area contributed by atoms with Crippen LogP contribution in [0.15, 0.2) is 46.0 Å². The van der Waals surface area contributed by atoms with Crippen molar-refractivity contribution in [3.05, 3.63) is 46.2 Å². The van der Waals surface area contributed by atoms with Gasteiger partial charge in [-0.25, -0.2) is 4.98 Å². The summed E-state index contributed by atoms with van der Waals surface area (Å²) in [6.45, 7) is 0.110. The molecular weight excluding hydrogens is 302 g/mol. The Kier molecular flexibility index (Phi) is 4.61. The Labute approximate surface area is 131 Å². The predicted octanol–water partition coefficient (Wildman–Crippen LogP) is 3.92. The number of oxazole rings is 1. The molecule has 5 heteroatoms. The fraction of sp³-hybridized carbons (Fsp3) is 0.188. The topological polar surface area (TPSA) is 46.3 Å². The molecule has 0 amide bonds. The number of fused-ring (bicyclic) bond motifs is 1. The number of aliphatic hydroxyl groups excluding tert-OH is 1. The maximum Gasteiger partial charge on any atom is 0.257 e. The maximum absolute atomic E-state index is 8.70. The first-order valence-corrected chi connectivity index (χ1v) is 8.32. The van der Waals surface area contributed by atoms with Gasteiger partial charge in [0.15, 0.2) is 5.58 Å². The van der Waals surface area contributed by atoms with Crippen molar-refractivity contribution in [2.75, 3.05) is 6.61 Å². The summed E-state index contributed by atoms with van der Waals surface area (Å²) in [6.07, 6.45) is 0.519. The first-order valence-electron chi connectivity index (χ1n) is 6.52. The molecule has 2 heterocycles. The number of benzene rings is 1. The number of thioether (sulfide) groups is 1. The standard InChI is InChI=1S/C16H13NO2S2/c18-10-4-3-5-12-8-9-13(21-12)11-20-16-17-14-6-1-2-7-15(14)19-16/h1-2,6-9,18H,4,10-11H2. The third-order valence-corrected chi connectivity index (χ3v) is 4.78. The van der Waals surface area contributed by atoms with Crippen LogP contribution >= 0.6 is 23.1 Å². The molecule has 0 saturated heterocycles. The lowest BCUT2D eigenvalue weighted by Gasteiger charge is -1.92. The molecule has 0 saturated carbocycles. The lowest BCUT2D eigenvalue weighted by molar-refractivity contribution is 0.305. The molecule has 1 N–H and O–H groups in total. The van der Waals surface area contributed by atoms with E-state index in [1.54, 1.807) is 23.1 Å². The Morgan fingerprint density at radius 2 is 2.14 bits per heavy atom. The normalized spacial score (nSPS) is 10.5. The summed E-state index contributed by atoms with van der Waals surface area (Å²) in [5.74, 6) is 6.79. The van der Waals surface area contributed by atoms with Crippen molar-refractivity contribution in [1.82, 2.24) is 4.98 Å². The minimum atomic E-state index is 0.110. The first kappa shape index (κ1) is 14.2. The van der Waals surface area contributed by atoms with Crippen molar-refractivity contribution in [2.45, 2.75) is 17.4 Å². The number of para-hydroxylation sites is 2. The predicted molar refractivity (Wildman–Crippen MR) is 86.5 cm³/mol. The first-order chi connectivity index (χ1) is 10.3. The molecule has 0 unspecified atom stereocenters. The van der Waals surface area contributed by atoms with Crippen molar-refractivity contribution in [3.63, 3.8) is 0 Å². The number of nitrogens with zero attached hydrogens (tertiary/aromatic N) is 1. The van der Waals surface area contributed by atoms with Crippen LogP contribution in [0, 0.1) is 11.8 Å². The molecule has 3 aromatic rings. The lowest BCUT2D eigenvalue weighted by Crippen LogP contribution is -1.75. The van der Waals surface area contributed by atoms with Crippen LogP contribution in [0.3, 0.4) is 0 Å². The van der Waals surface area contributed by atoms with Gasteiger partial charge in [0.25, 0.3) is 5.22 Å². The van der Waals surface area contributed by atoms with Gasteiger partial charge in [-0.3, -0.25) is 0 Å². The van der Waals surface area contributed by atoms with Crippen molar-refractivity contribution in [3.8, 4) is 11.8 Å². The van der Waals surface area contributed by atoms with Crippen LogP contribution in [0.25, 0.3) is 11.1 Å². The fourth-order valence-corrected chi connectivity index (χ4v) is 3.54. The van der Waals surface area contributed by atoms with E-state index in [-0.39, 0.29) is 6.61 Å². The monoisotopic (exact) mass is 315 g/mol. The molecule has 2 aromatic heterocycles. The number of thiophene rings is 1. The molecule has 0 bridgehead atoms. The second kappa shape index (κ2) is 6.81. The van der Waals surface area contributed by atoms with E-state index in [1.807, 2.05) is 30.3 Å². The Morgan fingerprint density at radius 1 is 1.24 bits per heavy atom. The number of aliphatic hydroxyl groups is 1. The zero-order valence-corrected chi connectivity index (χ0v) is 12.8. The summed E-state index contributed by atoms with van der Waals surface area (Å²) in [5, 5.41) is 9.39. The second-order valence-corrected chi connectivity index (χ2v) is 6.37. The van der Waals surface area contributed by atoms with Crippen molar-refractivity contribution >= 4 is 34.2 Å². The molecule has 21 heavy (non-hydrogen) atoms.